The van der Waals surface area contributed by atoms with Crippen LogP contribution in [0.2, 0.25) is 5.02 Å². The van der Waals surface area contributed by atoms with Crippen LogP contribution in [-0.2, 0) is 4.74 Å². The summed E-state index contributed by atoms with van der Waals surface area (Å²) in [4.78, 5) is 0. The van der Waals surface area contributed by atoms with E-state index in [0.29, 0.717) is 6.54 Å². The van der Waals surface area contributed by atoms with Gasteiger partial charge in [0.05, 0.1) is 22.4 Å². The Hall–Kier alpha value is -0.870. The monoisotopic (exact) mass is 275 g/mol. The largest absolute Gasteiger partial charge is 0.379 e. The highest BCUT2D eigenvalue weighted by Crippen LogP contribution is 2.31. The van der Waals surface area contributed by atoms with Crippen molar-refractivity contribution in [3.63, 3.8) is 0 Å². The molecule has 1 aliphatic heterocycles. The Kier molecular flexibility index (Phi) is 3.78. The van der Waals surface area contributed by atoms with E-state index in [0.717, 1.165) is 25.0 Å². The lowest BCUT2D eigenvalue weighted by Crippen LogP contribution is -2.25. The van der Waals surface area contributed by atoms with Crippen LogP contribution in [0.15, 0.2) is 12.1 Å². The van der Waals surface area contributed by atoms with Gasteiger partial charge in [0.2, 0.25) is 0 Å². The predicted molar refractivity (Wildman–Crippen MR) is 68.0 cm³/mol. The molecule has 100 valence electrons. The Balaban J connectivity index is 1.99. The van der Waals surface area contributed by atoms with Crippen LogP contribution in [0.3, 0.4) is 0 Å². The summed E-state index contributed by atoms with van der Waals surface area (Å²) in [7, 11) is 0. The molecule has 18 heavy (non-hydrogen) atoms. The summed E-state index contributed by atoms with van der Waals surface area (Å²) >= 11 is 5.79. The van der Waals surface area contributed by atoms with Crippen molar-refractivity contribution < 1.29 is 13.5 Å². The fourth-order valence-electron chi connectivity index (χ4n) is 2.15. The predicted octanol–water partition coefficient (Wildman–Crippen LogP) is 3.99. The summed E-state index contributed by atoms with van der Waals surface area (Å²) in [5.41, 5.74) is 0.00340. The summed E-state index contributed by atoms with van der Waals surface area (Å²) in [6, 6.07) is 1.90. The number of ether oxygens (including phenoxy) is 1. The second-order valence-corrected chi connectivity index (χ2v) is 5.57. The lowest BCUT2D eigenvalue weighted by Gasteiger charge is -2.20. The number of rotatable bonds is 3. The van der Waals surface area contributed by atoms with Crippen LogP contribution >= 0.6 is 11.6 Å². The van der Waals surface area contributed by atoms with E-state index in [1.807, 2.05) is 13.8 Å². The van der Waals surface area contributed by atoms with Gasteiger partial charge in [0.15, 0.2) is 5.82 Å². The molecular formula is C13H16ClF2NO. The van der Waals surface area contributed by atoms with Gasteiger partial charge in [-0.05, 0) is 32.8 Å². The van der Waals surface area contributed by atoms with Gasteiger partial charge < -0.3 is 10.1 Å². The number of hydrogen-bond donors (Lipinski definition) is 1. The van der Waals surface area contributed by atoms with Gasteiger partial charge in [-0.3, -0.25) is 0 Å². The molecule has 1 aromatic rings. The zero-order chi connectivity index (χ0) is 13.3. The number of anilines is 1. The summed E-state index contributed by atoms with van der Waals surface area (Å²) in [5, 5.41) is 2.94. The van der Waals surface area contributed by atoms with Gasteiger partial charge in [-0.15, -0.1) is 0 Å². The lowest BCUT2D eigenvalue weighted by molar-refractivity contribution is -0.00912. The fraction of sp³-hybridized carbons (Fsp3) is 0.538. The Labute approximate surface area is 110 Å². The summed E-state index contributed by atoms with van der Waals surface area (Å²) in [6.07, 6.45) is 1.92. The van der Waals surface area contributed by atoms with Crippen molar-refractivity contribution in [2.75, 3.05) is 11.9 Å². The van der Waals surface area contributed by atoms with E-state index in [-0.39, 0.29) is 22.4 Å². The molecule has 1 N–H and O–H groups in total. The molecule has 1 fully saturated rings. The molecule has 1 unspecified atom stereocenters. The number of hydrogen-bond acceptors (Lipinski definition) is 2. The molecule has 0 bridgehead atoms. The van der Waals surface area contributed by atoms with E-state index < -0.39 is 11.6 Å². The van der Waals surface area contributed by atoms with Crippen molar-refractivity contribution in [2.45, 2.75) is 38.4 Å². The zero-order valence-electron chi connectivity index (χ0n) is 10.4. The molecule has 1 aliphatic rings. The van der Waals surface area contributed by atoms with Gasteiger partial charge >= 0.3 is 0 Å². The Bertz CT molecular complexity index is 428. The first-order chi connectivity index (χ1) is 8.37. The van der Waals surface area contributed by atoms with Crippen LogP contribution in [0.1, 0.15) is 26.7 Å². The first-order valence-electron chi connectivity index (χ1n) is 5.94. The van der Waals surface area contributed by atoms with Crippen LogP contribution in [0.25, 0.3) is 0 Å². The number of benzene rings is 1. The van der Waals surface area contributed by atoms with Crippen LogP contribution < -0.4 is 5.32 Å². The van der Waals surface area contributed by atoms with Crippen molar-refractivity contribution >= 4 is 17.3 Å². The highest BCUT2D eigenvalue weighted by molar-refractivity contribution is 6.33. The van der Waals surface area contributed by atoms with Gasteiger partial charge in [-0.2, -0.15) is 0 Å². The molecule has 1 atom stereocenters. The van der Waals surface area contributed by atoms with E-state index in [4.69, 9.17) is 16.3 Å². The molecule has 0 spiro atoms. The van der Waals surface area contributed by atoms with Gasteiger partial charge in [0.1, 0.15) is 5.82 Å². The molecule has 0 saturated carbocycles. The van der Waals surface area contributed by atoms with Crippen LogP contribution in [-0.4, -0.2) is 18.2 Å². The van der Waals surface area contributed by atoms with Crippen LogP contribution in [0.4, 0.5) is 14.5 Å². The van der Waals surface area contributed by atoms with Crippen molar-refractivity contribution in [3.05, 3.63) is 28.8 Å². The topological polar surface area (TPSA) is 21.3 Å². The second-order valence-electron chi connectivity index (χ2n) is 5.16. The minimum absolute atomic E-state index is 0.0283. The zero-order valence-corrected chi connectivity index (χ0v) is 11.2. The van der Waals surface area contributed by atoms with Gasteiger partial charge in [0.25, 0.3) is 0 Å². The molecule has 1 saturated heterocycles. The highest BCUT2D eigenvalue weighted by Gasteiger charge is 2.31. The SMILES string of the molecule is CC1(C)CCC(CNc2c(F)cc(F)cc2Cl)O1. The molecule has 0 amide bonds. The van der Waals surface area contributed by atoms with E-state index in [2.05, 4.69) is 5.32 Å². The second kappa shape index (κ2) is 5.02. The van der Waals surface area contributed by atoms with E-state index in [9.17, 15) is 8.78 Å². The maximum absolute atomic E-state index is 13.5. The average Bonchev–Trinajstić information content (AvgIpc) is 2.56. The first kappa shape index (κ1) is 13.6. The Morgan fingerprint density at radius 1 is 1.44 bits per heavy atom. The molecule has 1 aromatic carbocycles. The maximum Gasteiger partial charge on any atom is 0.150 e. The van der Waals surface area contributed by atoms with Crippen molar-refractivity contribution in [2.24, 2.45) is 0 Å². The average molecular weight is 276 g/mol. The minimum atomic E-state index is -0.683. The Morgan fingerprint density at radius 3 is 2.72 bits per heavy atom. The maximum atomic E-state index is 13.5. The molecule has 1 heterocycles. The van der Waals surface area contributed by atoms with E-state index in [1.165, 1.54) is 0 Å². The van der Waals surface area contributed by atoms with E-state index >= 15 is 0 Å². The fourth-order valence-corrected chi connectivity index (χ4v) is 2.41. The van der Waals surface area contributed by atoms with Crippen LogP contribution in [0.5, 0.6) is 0 Å². The normalized spacial score (nSPS) is 22.2. The van der Waals surface area contributed by atoms with Gasteiger partial charge in [0, 0.05) is 12.6 Å². The van der Waals surface area contributed by atoms with Gasteiger partial charge in [-0.1, -0.05) is 11.6 Å². The van der Waals surface area contributed by atoms with Crippen molar-refractivity contribution in [1.29, 1.82) is 0 Å². The number of nitrogens with one attached hydrogen (secondary N) is 1. The lowest BCUT2D eigenvalue weighted by atomic mass is 10.1. The van der Waals surface area contributed by atoms with Gasteiger partial charge in [-0.25, -0.2) is 8.78 Å². The number of halogens is 3. The van der Waals surface area contributed by atoms with E-state index in [1.54, 1.807) is 0 Å². The molecule has 0 radical (unpaired) electrons. The summed E-state index contributed by atoms with van der Waals surface area (Å²) in [6.45, 7) is 4.52. The molecule has 0 aliphatic carbocycles. The third kappa shape index (κ3) is 3.12. The standard InChI is InChI=1S/C13H16ClF2NO/c1-13(2)4-3-9(18-13)7-17-12-10(14)5-8(15)6-11(12)16/h5-6,9,17H,3-4,7H2,1-2H3. The molecular weight excluding hydrogens is 260 g/mol. The summed E-state index contributed by atoms with van der Waals surface area (Å²) < 4.78 is 32.2. The molecule has 0 aromatic heterocycles. The molecule has 2 rings (SSSR count). The van der Waals surface area contributed by atoms with Crippen molar-refractivity contribution in [1.82, 2.24) is 0 Å². The highest BCUT2D eigenvalue weighted by atomic mass is 35.5. The third-order valence-electron chi connectivity index (χ3n) is 3.07. The first-order valence-corrected chi connectivity index (χ1v) is 6.31. The summed E-state index contributed by atoms with van der Waals surface area (Å²) in [5.74, 6) is -1.36. The Morgan fingerprint density at radius 2 is 2.17 bits per heavy atom. The molecule has 5 heteroatoms. The van der Waals surface area contributed by atoms with Crippen LogP contribution in [0, 0.1) is 11.6 Å². The van der Waals surface area contributed by atoms with Crippen molar-refractivity contribution in [3.8, 4) is 0 Å². The molecule has 2 nitrogen and oxygen atoms in total. The minimum Gasteiger partial charge on any atom is -0.379 e. The smallest absolute Gasteiger partial charge is 0.150 e. The quantitative estimate of drug-likeness (QED) is 0.901. The third-order valence-corrected chi connectivity index (χ3v) is 3.37.